The number of anilines is 1. The van der Waals surface area contributed by atoms with E-state index in [0.717, 1.165) is 10.0 Å². The van der Waals surface area contributed by atoms with Crippen LogP contribution in [-0.2, 0) is 9.59 Å². The SMILES string of the molecule is Cc1cc(NC(=O)CNC(=O)[C@@H](N)C(C)C)ccc1Br. The molecule has 0 aliphatic carbocycles. The van der Waals surface area contributed by atoms with Gasteiger partial charge < -0.3 is 16.4 Å². The monoisotopic (exact) mass is 341 g/mol. The van der Waals surface area contributed by atoms with Crippen LogP contribution in [0.25, 0.3) is 0 Å². The fraction of sp³-hybridized carbons (Fsp3) is 0.429. The lowest BCUT2D eigenvalue weighted by molar-refractivity contribution is -0.125. The summed E-state index contributed by atoms with van der Waals surface area (Å²) in [4.78, 5) is 23.3. The van der Waals surface area contributed by atoms with E-state index in [1.807, 2.05) is 32.9 Å². The molecule has 1 atom stereocenters. The minimum absolute atomic E-state index is 0.0344. The van der Waals surface area contributed by atoms with Crippen molar-refractivity contribution in [1.29, 1.82) is 0 Å². The van der Waals surface area contributed by atoms with Gasteiger partial charge in [0.1, 0.15) is 0 Å². The summed E-state index contributed by atoms with van der Waals surface area (Å²) in [5, 5.41) is 5.24. The molecule has 2 amide bonds. The van der Waals surface area contributed by atoms with Crippen molar-refractivity contribution in [2.24, 2.45) is 11.7 Å². The number of rotatable bonds is 5. The zero-order chi connectivity index (χ0) is 15.3. The maximum absolute atomic E-state index is 11.7. The van der Waals surface area contributed by atoms with E-state index in [4.69, 9.17) is 5.73 Å². The van der Waals surface area contributed by atoms with Gasteiger partial charge in [0.05, 0.1) is 12.6 Å². The van der Waals surface area contributed by atoms with Gasteiger partial charge in [0.15, 0.2) is 0 Å². The normalized spacial score (nSPS) is 12.1. The summed E-state index contributed by atoms with van der Waals surface area (Å²) in [6, 6.07) is 4.90. The highest BCUT2D eigenvalue weighted by molar-refractivity contribution is 9.10. The Hall–Kier alpha value is -1.40. The first-order valence-corrected chi connectivity index (χ1v) is 7.20. The molecular weight excluding hydrogens is 322 g/mol. The molecule has 0 aliphatic heterocycles. The van der Waals surface area contributed by atoms with E-state index in [9.17, 15) is 9.59 Å². The first-order valence-electron chi connectivity index (χ1n) is 6.40. The minimum Gasteiger partial charge on any atom is -0.346 e. The van der Waals surface area contributed by atoms with E-state index in [-0.39, 0.29) is 24.3 Å². The summed E-state index contributed by atoms with van der Waals surface area (Å²) in [6.45, 7) is 5.56. The van der Waals surface area contributed by atoms with Gasteiger partial charge in [-0.25, -0.2) is 0 Å². The molecule has 1 rings (SSSR count). The Balaban J connectivity index is 2.48. The van der Waals surface area contributed by atoms with Crippen LogP contribution in [0.1, 0.15) is 19.4 Å². The molecule has 0 unspecified atom stereocenters. The van der Waals surface area contributed by atoms with E-state index in [0.29, 0.717) is 5.69 Å². The van der Waals surface area contributed by atoms with Gasteiger partial charge in [-0.05, 0) is 36.6 Å². The van der Waals surface area contributed by atoms with Crippen LogP contribution in [0.5, 0.6) is 0 Å². The smallest absolute Gasteiger partial charge is 0.243 e. The van der Waals surface area contributed by atoms with Crippen molar-refractivity contribution in [3.05, 3.63) is 28.2 Å². The van der Waals surface area contributed by atoms with E-state index >= 15 is 0 Å². The zero-order valence-corrected chi connectivity index (χ0v) is 13.5. The third-order valence-corrected chi connectivity index (χ3v) is 3.78. The average molecular weight is 342 g/mol. The molecule has 5 nitrogen and oxygen atoms in total. The molecule has 6 heteroatoms. The summed E-state index contributed by atoms with van der Waals surface area (Å²) in [7, 11) is 0. The predicted octanol–water partition coefficient (Wildman–Crippen LogP) is 1.80. The molecule has 0 aliphatic rings. The highest BCUT2D eigenvalue weighted by Crippen LogP contribution is 2.19. The molecule has 0 saturated carbocycles. The number of hydrogen-bond donors (Lipinski definition) is 3. The topological polar surface area (TPSA) is 84.2 Å². The number of hydrogen-bond acceptors (Lipinski definition) is 3. The molecule has 0 radical (unpaired) electrons. The van der Waals surface area contributed by atoms with Crippen LogP contribution in [-0.4, -0.2) is 24.4 Å². The number of benzene rings is 1. The molecule has 110 valence electrons. The maximum atomic E-state index is 11.7. The summed E-state index contributed by atoms with van der Waals surface area (Å²) in [5.74, 6) is -0.564. The molecule has 0 heterocycles. The van der Waals surface area contributed by atoms with Crippen molar-refractivity contribution in [2.45, 2.75) is 26.8 Å². The van der Waals surface area contributed by atoms with Gasteiger partial charge in [-0.2, -0.15) is 0 Å². The van der Waals surface area contributed by atoms with Crippen LogP contribution < -0.4 is 16.4 Å². The molecule has 1 aromatic carbocycles. The average Bonchev–Trinajstić information content (AvgIpc) is 2.39. The second-order valence-corrected chi connectivity index (χ2v) is 5.85. The lowest BCUT2D eigenvalue weighted by Gasteiger charge is -2.15. The van der Waals surface area contributed by atoms with Crippen LogP contribution in [0.3, 0.4) is 0 Å². The molecule has 0 bridgehead atoms. The summed E-state index contributed by atoms with van der Waals surface area (Å²) >= 11 is 3.39. The summed E-state index contributed by atoms with van der Waals surface area (Å²) in [5.41, 5.74) is 7.40. The van der Waals surface area contributed by atoms with E-state index in [2.05, 4.69) is 26.6 Å². The number of nitrogens with one attached hydrogen (secondary N) is 2. The standard InChI is InChI=1S/C14H20BrN3O2/c1-8(2)13(16)14(20)17-7-12(19)18-10-4-5-11(15)9(3)6-10/h4-6,8,13H,7,16H2,1-3H3,(H,17,20)(H,18,19)/t13-/m0/s1. The van der Waals surface area contributed by atoms with Crippen molar-refractivity contribution < 1.29 is 9.59 Å². The molecule has 1 aromatic rings. The second-order valence-electron chi connectivity index (χ2n) is 5.00. The lowest BCUT2D eigenvalue weighted by Crippen LogP contribution is -2.46. The van der Waals surface area contributed by atoms with E-state index in [1.54, 1.807) is 6.07 Å². The number of aryl methyl sites for hydroxylation is 1. The van der Waals surface area contributed by atoms with Gasteiger partial charge in [0.2, 0.25) is 11.8 Å². The van der Waals surface area contributed by atoms with Gasteiger partial charge in [0.25, 0.3) is 0 Å². The molecule has 20 heavy (non-hydrogen) atoms. The Morgan fingerprint density at radius 2 is 2.00 bits per heavy atom. The first-order chi connectivity index (χ1) is 9.31. The highest BCUT2D eigenvalue weighted by Gasteiger charge is 2.17. The first kappa shape index (κ1) is 16.7. The zero-order valence-electron chi connectivity index (χ0n) is 11.9. The fourth-order valence-electron chi connectivity index (χ4n) is 1.52. The van der Waals surface area contributed by atoms with Crippen LogP contribution >= 0.6 is 15.9 Å². The molecular formula is C14H20BrN3O2. The molecule has 0 saturated heterocycles. The van der Waals surface area contributed by atoms with Crippen molar-refractivity contribution in [2.75, 3.05) is 11.9 Å². The van der Waals surface area contributed by atoms with Gasteiger partial charge >= 0.3 is 0 Å². The second kappa shape index (κ2) is 7.40. The Labute approximate surface area is 127 Å². The predicted molar refractivity (Wildman–Crippen MR) is 83.3 cm³/mol. The third kappa shape index (κ3) is 4.94. The van der Waals surface area contributed by atoms with Gasteiger partial charge in [-0.3, -0.25) is 9.59 Å². The number of amides is 2. The Morgan fingerprint density at radius 1 is 1.35 bits per heavy atom. The van der Waals surface area contributed by atoms with Gasteiger partial charge in [-0.1, -0.05) is 29.8 Å². The Morgan fingerprint density at radius 3 is 2.55 bits per heavy atom. The number of carbonyl (C=O) groups is 2. The van der Waals surface area contributed by atoms with Crippen LogP contribution in [0.2, 0.25) is 0 Å². The number of nitrogens with two attached hydrogens (primary N) is 1. The lowest BCUT2D eigenvalue weighted by atomic mass is 10.1. The quantitative estimate of drug-likeness (QED) is 0.763. The molecule has 4 N–H and O–H groups in total. The van der Waals surface area contributed by atoms with Gasteiger partial charge in [0, 0.05) is 10.2 Å². The van der Waals surface area contributed by atoms with Crippen LogP contribution in [0, 0.1) is 12.8 Å². The molecule has 0 spiro atoms. The minimum atomic E-state index is -0.599. The van der Waals surface area contributed by atoms with Crippen molar-refractivity contribution in [3.63, 3.8) is 0 Å². The maximum Gasteiger partial charge on any atom is 0.243 e. The van der Waals surface area contributed by atoms with E-state index in [1.165, 1.54) is 0 Å². The van der Waals surface area contributed by atoms with Crippen molar-refractivity contribution >= 4 is 33.4 Å². The van der Waals surface area contributed by atoms with Crippen LogP contribution in [0.4, 0.5) is 5.69 Å². The number of carbonyl (C=O) groups excluding carboxylic acids is 2. The summed E-state index contributed by atoms with van der Waals surface area (Å²) < 4.78 is 0.978. The third-order valence-electron chi connectivity index (χ3n) is 2.89. The highest BCUT2D eigenvalue weighted by atomic mass is 79.9. The van der Waals surface area contributed by atoms with Crippen molar-refractivity contribution in [1.82, 2.24) is 5.32 Å². The molecule has 0 aromatic heterocycles. The Bertz CT molecular complexity index is 503. The van der Waals surface area contributed by atoms with Crippen LogP contribution in [0.15, 0.2) is 22.7 Å². The summed E-state index contributed by atoms with van der Waals surface area (Å²) in [6.07, 6.45) is 0. The number of halogens is 1. The van der Waals surface area contributed by atoms with E-state index < -0.39 is 6.04 Å². The Kier molecular flexibility index (Phi) is 6.16. The van der Waals surface area contributed by atoms with Crippen molar-refractivity contribution in [3.8, 4) is 0 Å². The largest absolute Gasteiger partial charge is 0.346 e. The van der Waals surface area contributed by atoms with Gasteiger partial charge in [-0.15, -0.1) is 0 Å². The fourth-order valence-corrected chi connectivity index (χ4v) is 1.76. The molecule has 0 fully saturated rings.